The van der Waals surface area contributed by atoms with E-state index in [0.717, 1.165) is 43.9 Å². The summed E-state index contributed by atoms with van der Waals surface area (Å²) in [5.74, 6) is 4.28. The maximum Gasteiger partial charge on any atom is 0.119 e. The van der Waals surface area contributed by atoms with E-state index in [1.54, 1.807) is 7.11 Å². The van der Waals surface area contributed by atoms with Crippen molar-refractivity contribution in [2.45, 2.75) is 87.4 Å². The van der Waals surface area contributed by atoms with Crippen LogP contribution < -0.4 is 10.2 Å². The number of ether oxygens (including phenoxy) is 1. The SMILES string of the molecule is COc1ccc2c(c1)[C@]13CCN(CC4CC4)[C@H](C2)[C@]1(O)CC1=C(C3)N(C2CCSCC2)NC1C. The van der Waals surface area contributed by atoms with Crippen molar-refractivity contribution >= 4 is 11.8 Å². The van der Waals surface area contributed by atoms with Crippen molar-refractivity contribution in [3.8, 4) is 5.75 Å². The number of piperidine rings is 1. The van der Waals surface area contributed by atoms with Crippen molar-refractivity contribution in [3.05, 3.63) is 40.6 Å². The summed E-state index contributed by atoms with van der Waals surface area (Å²) in [5, 5.41) is 15.4. The quantitative estimate of drug-likeness (QED) is 0.681. The Labute approximate surface area is 208 Å². The summed E-state index contributed by atoms with van der Waals surface area (Å²) in [6, 6.07) is 7.79. The first-order valence-corrected chi connectivity index (χ1v) is 14.7. The van der Waals surface area contributed by atoms with Gasteiger partial charge in [0.1, 0.15) is 5.75 Å². The zero-order chi connectivity index (χ0) is 23.1. The molecule has 3 aliphatic heterocycles. The molecule has 0 amide bonds. The van der Waals surface area contributed by atoms with E-state index in [4.69, 9.17) is 4.74 Å². The Hall–Kier alpha value is -1.21. The lowest BCUT2D eigenvalue weighted by Crippen LogP contribution is -2.73. The van der Waals surface area contributed by atoms with Gasteiger partial charge in [0.25, 0.3) is 0 Å². The minimum Gasteiger partial charge on any atom is -0.497 e. The second-order valence-electron chi connectivity index (χ2n) is 11.8. The number of allylic oxidation sites excluding steroid dienone is 1. The topological polar surface area (TPSA) is 48.0 Å². The van der Waals surface area contributed by atoms with Crippen LogP contribution in [0.4, 0.5) is 0 Å². The standard InChI is InChI=1S/C28H39N3O2S/c1-18-23-15-28(32)26-13-20-5-6-22(33-2)14-24(20)27(28,9-10-30(26)17-19-3-4-19)16-25(23)31(29-18)21-7-11-34-12-8-21/h5-6,14,18-19,21,26,29,32H,3-4,7-13,15-17H2,1-2H3/t18?,26-,27-,28-/m1/s1. The molecule has 1 aromatic carbocycles. The second-order valence-corrected chi connectivity index (χ2v) is 13.1. The molecule has 7 rings (SSSR count). The van der Waals surface area contributed by atoms with Crippen LogP contribution in [0.5, 0.6) is 5.75 Å². The predicted molar refractivity (Wildman–Crippen MR) is 137 cm³/mol. The first-order chi connectivity index (χ1) is 16.5. The van der Waals surface area contributed by atoms with E-state index in [9.17, 15) is 5.11 Å². The van der Waals surface area contributed by atoms with E-state index < -0.39 is 5.60 Å². The highest BCUT2D eigenvalue weighted by molar-refractivity contribution is 7.99. The monoisotopic (exact) mass is 481 g/mol. The number of hydrogen-bond donors (Lipinski definition) is 2. The lowest BCUT2D eigenvalue weighted by Gasteiger charge is -2.64. The summed E-state index contributed by atoms with van der Waals surface area (Å²) in [6.07, 6.45) is 8.98. The van der Waals surface area contributed by atoms with Gasteiger partial charge in [-0.15, -0.1) is 0 Å². The van der Waals surface area contributed by atoms with Gasteiger partial charge in [-0.3, -0.25) is 4.90 Å². The summed E-state index contributed by atoms with van der Waals surface area (Å²) in [7, 11) is 1.77. The van der Waals surface area contributed by atoms with E-state index in [1.165, 1.54) is 66.1 Å². The van der Waals surface area contributed by atoms with Crippen LogP contribution in [0.3, 0.4) is 0 Å². The van der Waals surface area contributed by atoms with Crippen LogP contribution in [-0.4, -0.2) is 70.4 Å². The van der Waals surface area contributed by atoms with Crippen LogP contribution in [0.1, 0.15) is 63.0 Å². The molecule has 6 aliphatic rings. The molecule has 184 valence electrons. The third kappa shape index (κ3) is 3.11. The Kier molecular flexibility index (Phi) is 5.11. The number of likely N-dealkylation sites (tertiary alicyclic amines) is 1. The fraction of sp³-hybridized carbons (Fsp3) is 0.714. The number of aliphatic hydroxyl groups is 1. The number of hydrazine groups is 1. The van der Waals surface area contributed by atoms with Gasteiger partial charge in [-0.2, -0.15) is 11.8 Å². The van der Waals surface area contributed by atoms with Gasteiger partial charge in [0, 0.05) is 48.6 Å². The molecular weight excluding hydrogens is 442 g/mol. The van der Waals surface area contributed by atoms with Gasteiger partial charge in [-0.05, 0) is 98.2 Å². The number of nitrogens with one attached hydrogen (secondary N) is 1. The molecule has 2 saturated heterocycles. The van der Waals surface area contributed by atoms with E-state index >= 15 is 0 Å². The minimum absolute atomic E-state index is 0.212. The van der Waals surface area contributed by atoms with Gasteiger partial charge in [0.2, 0.25) is 0 Å². The molecule has 34 heavy (non-hydrogen) atoms. The molecule has 2 bridgehead atoms. The Morgan fingerprint density at radius 2 is 2.00 bits per heavy atom. The fourth-order valence-corrected chi connectivity index (χ4v) is 9.13. The van der Waals surface area contributed by atoms with Gasteiger partial charge in [-0.1, -0.05) is 6.07 Å². The molecule has 2 N–H and O–H groups in total. The number of benzene rings is 1. The maximum absolute atomic E-state index is 12.9. The fourth-order valence-electron chi connectivity index (χ4n) is 8.05. The molecule has 1 aromatic rings. The Morgan fingerprint density at radius 3 is 2.76 bits per heavy atom. The molecule has 3 heterocycles. The minimum atomic E-state index is -0.716. The highest BCUT2D eigenvalue weighted by Gasteiger charge is 2.66. The highest BCUT2D eigenvalue weighted by Crippen LogP contribution is 2.61. The molecule has 3 fully saturated rings. The number of hydrogen-bond acceptors (Lipinski definition) is 6. The third-order valence-corrected chi connectivity index (χ3v) is 11.1. The van der Waals surface area contributed by atoms with Crippen molar-refractivity contribution in [1.29, 1.82) is 0 Å². The molecule has 5 nitrogen and oxygen atoms in total. The highest BCUT2D eigenvalue weighted by atomic mass is 32.2. The molecular formula is C28H39N3O2S. The average molecular weight is 482 g/mol. The zero-order valence-electron chi connectivity index (χ0n) is 20.7. The first-order valence-electron chi connectivity index (χ1n) is 13.5. The van der Waals surface area contributed by atoms with E-state index in [-0.39, 0.29) is 11.5 Å². The van der Waals surface area contributed by atoms with Crippen molar-refractivity contribution in [2.75, 3.05) is 31.7 Å². The van der Waals surface area contributed by atoms with Gasteiger partial charge in [0.05, 0.1) is 12.7 Å². The number of thioether (sulfide) groups is 1. The molecule has 6 heteroatoms. The van der Waals surface area contributed by atoms with Crippen molar-refractivity contribution in [3.63, 3.8) is 0 Å². The van der Waals surface area contributed by atoms with Crippen LogP contribution in [-0.2, 0) is 11.8 Å². The number of nitrogens with zero attached hydrogens (tertiary/aromatic N) is 2. The normalized spacial score (nSPS) is 37.9. The maximum atomic E-state index is 12.9. The summed E-state index contributed by atoms with van der Waals surface area (Å²) in [4.78, 5) is 2.68. The van der Waals surface area contributed by atoms with E-state index in [0.29, 0.717) is 12.1 Å². The molecule has 4 atom stereocenters. The first kappa shape index (κ1) is 22.0. The molecule has 0 radical (unpaired) electrons. The van der Waals surface area contributed by atoms with Crippen LogP contribution >= 0.6 is 11.8 Å². The smallest absolute Gasteiger partial charge is 0.119 e. The molecule has 0 spiro atoms. The Morgan fingerprint density at radius 1 is 1.18 bits per heavy atom. The summed E-state index contributed by atoms with van der Waals surface area (Å²) >= 11 is 2.09. The second kappa shape index (κ2) is 7.89. The van der Waals surface area contributed by atoms with Crippen molar-refractivity contribution in [2.24, 2.45) is 5.92 Å². The lowest BCUT2D eigenvalue weighted by molar-refractivity contribution is -0.153. The van der Waals surface area contributed by atoms with Crippen LogP contribution in [0.15, 0.2) is 29.5 Å². The predicted octanol–water partition coefficient (Wildman–Crippen LogP) is 3.86. The lowest BCUT2D eigenvalue weighted by atomic mass is 9.49. The summed E-state index contributed by atoms with van der Waals surface area (Å²) in [6.45, 7) is 4.58. The molecule has 0 aromatic heterocycles. The van der Waals surface area contributed by atoms with Crippen LogP contribution in [0.2, 0.25) is 0 Å². The molecule has 1 unspecified atom stereocenters. The Bertz CT molecular complexity index is 1020. The van der Waals surface area contributed by atoms with Crippen molar-refractivity contribution < 1.29 is 9.84 Å². The van der Waals surface area contributed by atoms with Crippen molar-refractivity contribution in [1.82, 2.24) is 15.3 Å². The van der Waals surface area contributed by atoms with Gasteiger partial charge in [-0.25, -0.2) is 5.43 Å². The summed E-state index contributed by atoms with van der Waals surface area (Å²) in [5.41, 5.74) is 8.69. The van der Waals surface area contributed by atoms with E-state index in [2.05, 4.69) is 52.2 Å². The van der Waals surface area contributed by atoms with E-state index in [1.807, 2.05) is 0 Å². The number of fused-ring (bicyclic) bond motifs is 1. The largest absolute Gasteiger partial charge is 0.497 e. The Balaban J connectivity index is 1.35. The van der Waals surface area contributed by atoms with Gasteiger partial charge in [0.15, 0.2) is 0 Å². The molecule has 1 saturated carbocycles. The zero-order valence-corrected chi connectivity index (χ0v) is 21.5. The molecule has 3 aliphatic carbocycles. The third-order valence-electron chi connectivity index (χ3n) is 10.1. The van der Waals surface area contributed by atoms with Crippen LogP contribution in [0.25, 0.3) is 0 Å². The van der Waals surface area contributed by atoms with Crippen LogP contribution in [0, 0.1) is 5.92 Å². The summed E-state index contributed by atoms with van der Waals surface area (Å²) < 4.78 is 5.70. The van der Waals surface area contributed by atoms with Gasteiger partial charge >= 0.3 is 0 Å². The average Bonchev–Trinajstić information content (AvgIpc) is 3.62. The number of methoxy groups -OCH3 is 1. The van der Waals surface area contributed by atoms with Gasteiger partial charge < -0.3 is 14.9 Å². The number of rotatable bonds is 4.